The van der Waals surface area contributed by atoms with Crippen molar-refractivity contribution in [1.82, 2.24) is 5.32 Å². The average molecular weight is 234 g/mol. The van der Waals surface area contributed by atoms with Gasteiger partial charge in [0.1, 0.15) is 0 Å². The summed E-state index contributed by atoms with van der Waals surface area (Å²) in [5, 5.41) is 12.5. The highest BCUT2D eigenvalue weighted by molar-refractivity contribution is 5.85. The van der Waals surface area contributed by atoms with Crippen LogP contribution in [0.4, 0.5) is 0 Å². The number of halogens is 1. The van der Waals surface area contributed by atoms with Gasteiger partial charge in [-0.25, -0.2) is 0 Å². The molecule has 2 aliphatic rings. The zero-order valence-corrected chi connectivity index (χ0v) is 9.93. The van der Waals surface area contributed by atoms with Gasteiger partial charge in [0.05, 0.1) is 5.92 Å². The van der Waals surface area contributed by atoms with E-state index >= 15 is 0 Å². The molecule has 2 N–H and O–H groups in total. The van der Waals surface area contributed by atoms with E-state index in [2.05, 4.69) is 5.32 Å². The number of carbonyl (C=O) groups is 1. The first-order valence-electron chi connectivity index (χ1n) is 5.63. The molecule has 15 heavy (non-hydrogen) atoms. The number of hydrogen-bond acceptors (Lipinski definition) is 2. The van der Waals surface area contributed by atoms with Crippen molar-refractivity contribution in [2.45, 2.75) is 26.2 Å². The Labute approximate surface area is 97.0 Å². The number of nitrogens with one attached hydrogen (secondary N) is 1. The van der Waals surface area contributed by atoms with Gasteiger partial charge in [-0.1, -0.05) is 13.3 Å². The molecular formula is C11H20ClNO2. The van der Waals surface area contributed by atoms with Crippen LogP contribution in [0.2, 0.25) is 0 Å². The molecule has 3 unspecified atom stereocenters. The minimum absolute atomic E-state index is 0. The molecule has 0 aromatic heterocycles. The minimum Gasteiger partial charge on any atom is -0.481 e. The van der Waals surface area contributed by atoms with Crippen molar-refractivity contribution in [3.63, 3.8) is 0 Å². The maximum atomic E-state index is 11.0. The SMILES string of the molecule is CC(C(=O)O)C1C2CCCC1CNC2.Cl. The topological polar surface area (TPSA) is 49.3 Å². The molecule has 3 nitrogen and oxygen atoms in total. The molecule has 4 heteroatoms. The summed E-state index contributed by atoms with van der Waals surface area (Å²) in [6.07, 6.45) is 3.72. The first-order chi connectivity index (χ1) is 6.70. The van der Waals surface area contributed by atoms with Crippen molar-refractivity contribution in [3.8, 4) is 0 Å². The maximum Gasteiger partial charge on any atom is 0.306 e. The second kappa shape index (κ2) is 5.17. The summed E-state index contributed by atoms with van der Waals surface area (Å²) in [6, 6.07) is 0. The van der Waals surface area contributed by atoms with Gasteiger partial charge in [-0.05, 0) is 43.7 Å². The van der Waals surface area contributed by atoms with Crippen molar-refractivity contribution in [3.05, 3.63) is 0 Å². The quantitative estimate of drug-likeness (QED) is 0.764. The lowest BCUT2D eigenvalue weighted by molar-refractivity contribution is -0.146. The van der Waals surface area contributed by atoms with E-state index < -0.39 is 5.97 Å². The highest BCUT2D eigenvalue weighted by atomic mass is 35.5. The molecule has 2 bridgehead atoms. The summed E-state index contributed by atoms with van der Waals surface area (Å²) >= 11 is 0. The van der Waals surface area contributed by atoms with Gasteiger partial charge in [0.2, 0.25) is 0 Å². The Kier molecular flexibility index (Phi) is 4.41. The molecule has 2 fully saturated rings. The first kappa shape index (κ1) is 12.8. The molecule has 0 amide bonds. The molecule has 88 valence electrons. The van der Waals surface area contributed by atoms with Crippen LogP contribution in [0.1, 0.15) is 26.2 Å². The zero-order chi connectivity index (χ0) is 10.1. The van der Waals surface area contributed by atoms with Crippen molar-refractivity contribution in [2.75, 3.05) is 13.1 Å². The van der Waals surface area contributed by atoms with E-state index in [0.717, 1.165) is 13.1 Å². The van der Waals surface area contributed by atoms with Gasteiger partial charge in [0.25, 0.3) is 0 Å². The molecule has 0 spiro atoms. The lowest BCUT2D eigenvalue weighted by atomic mass is 9.65. The van der Waals surface area contributed by atoms with E-state index in [1.54, 1.807) is 0 Å². The van der Waals surface area contributed by atoms with Crippen LogP contribution in [-0.4, -0.2) is 24.2 Å². The Morgan fingerprint density at radius 3 is 2.33 bits per heavy atom. The first-order valence-corrected chi connectivity index (χ1v) is 5.63. The molecule has 1 saturated carbocycles. The fourth-order valence-corrected chi connectivity index (χ4v) is 3.32. The normalized spacial score (nSPS) is 36.5. The van der Waals surface area contributed by atoms with Crippen molar-refractivity contribution in [2.24, 2.45) is 23.7 Å². The monoisotopic (exact) mass is 233 g/mol. The molecule has 1 aliphatic heterocycles. The number of hydrogen-bond donors (Lipinski definition) is 2. The Morgan fingerprint density at radius 1 is 1.33 bits per heavy atom. The fraction of sp³-hybridized carbons (Fsp3) is 0.909. The van der Waals surface area contributed by atoms with Crippen LogP contribution in [-0.2, 0) is 4.79 Å². The Morgan fingerprint density at radius 2 is 1.87 bits per heavy atom. The summed E-state index contributed by atoms with van der Waals surface area (Å²) in [7, 11) is 0. The molecule has 0 aromatic rings. The van der Waals surface area contributed by atoms with E-state index in [4.69, 9.17) is 5.11 Å². The molecule has 0 aromatic carbocycles. The number of rotatable bonds is 2. The lowest BCUT2D eigenvalue weighted by Gasteiger charge is -2.44. The van der Waals surface area contributed by atoms with Crippen LogP contribution in [0.25, 0.3) is 0 Å². The standard InChI is InChI=1S/C11H19NO2.ClH/c1-7(11(13)14)10-8-3-2-4-9(10)6-12-5-8;/h7-10,12H,2-6H2,1H3,(H,13,14);1H. The summed E-state index contributed by atoms with van der Waals surface area (Å²) in [4.78, 5) is 11.0. The van der Waals surface area contributed by atoms with Gasteiger partial charge in [-0.2, -0.15) is 0 Å². The lowest BCUT2D eigenvalue weighted by Crippen LogP contribution is -2.49. The van der Waals surface area contributed by atoms with Crippen molar-refractivity contribution >= 4 is 18.4 Å². The van der Waals surface area contributed by atoms with E-state index in [9.17, 15) is 4.79 Å². The van der Waals surface area contributed by atoms with Gasteiger partial charge in [0, 0.05) is 0 Å². The number of carboxylic acid groups (broad SMARTS) is 1. The molecule has 2 rings (SSSR count). The van der Waals surface area contributed by atoms with E-state index in [1.807, 2.05) is 6.92 Å². The number of fused-ring (bicyclic) bond motifs is 2. The van der Waals surface area contributed by atoms with E-state index in [0.29, 0.717) is 17.8 Å². The van der Waals surface area contributed by atoms with Gasteiger partial charge >= 0.3 is 5.97 Å². The minimum atomic E-state index is -0.617. The third kappa shape index (κ3) is 2.45. The van der Waals surface area contributed by atoms with Gasteiger partial charge in [0.15, 0.2) is 0 Å². The Bertz CT molecular complexity index is 213. The molecule has 0 radical (unpaired) electrons. The summed E-state index contributed by atoms with van der Waals surface area (Å²) < 4.78 is 0. The second-order valence-corrected chi connectivity index (χ2v) is 4.81. The van der Waals surface area contributed by atoms with Gasteiger partial charge < -0.3 is 10.4 Å². The summed E-state index contributed by atoms with van der Waals surface area (Å²) in [5.41, 5.74) is 0. The second-order valence-electron chi connectivity index (χ2n) is 4.81. The molecular weight excluding hydrogens is 214 g/mol. The summed E-state index contributed by atoms with van der Waals surface area (Å²) in [6.45, 7) is 3.93. The third-order valence-corrected chi connectivity index (χ3v) is 4.02. The highest BCUT2D eigenvalue weighted by Crippen LogP contribution is 2.41. The van der Waals surface area contributed by atoms with Crippen LogP contribution in [0.5, 0.6) is 0 Å². The Hall–Kier alpha value is -0.280. The van der Waals surface area contributed by atoms with E-state index in [-0.39, 0.29) is 18.3 Å². The predicted octanol–water partition coefficient (Wildman–Crippen LogP) is 1.76. The van der Waals surface area contributed by atoms with Crippen molar-refractivity contribution in [1.29, 1.82) is 0 Å². The van der Waals surface area contributed by atoms with Crippen molar-refractivity contribution < 1.29 is 9.90 Å². The number of piperidine rings is 1. The fourth-order valence-electron chi connectivity index (χ4n) is 3.32. The van der Waals surface area contributed by atoms with Crippen LogP contribution in [0.15, 0.2) is 0 Å². The largest absolute Gasteiger partial charge is 0.481 e. The van der Waals surface area contributed by atoms with Crippen LogP contribution < -0.4 is 5.32 Å². The molecule has 1 saturated heterocycles. The maximum absolute atomic E-state index is 11.0. The zero-order valence-electron chi connectivity index (χ0n) is 9.11. The number of carboxylic acids is 1. The molecule has 3 atom stereocenters. The third-order valence-electron chi connectivity index (χ3n) is 4.02. The van der Waals surface area contributed by atoms with Gasteiger partial charge in [-0.15, -0.1) is 12.4 Å². The van der Waals surface area contributed by atoms with Crippen LogP contribution in [0, 0.1) is 23.7 Å². The molecule has 1 heterocycles. The predicted molar refractivity (Wildman–Crippen MR) is 61.2 cm³/mol. The summed E-state index contributed by atoms with van der Waals surface area (Å²) in [5.74, 6) is 0.853. The van der Waals surface area contributed by atoms with Gasteiger partial charge in [-0.3, -0.25) is 4.79 Å². The van der Waals surface area contributed by atoms with Crippen LogP contribution >= 0.6 is 12.4 Å². The van der Waals surface area contributed by atoms with Crippen LogP contribution in [0.3, 0.4) is 0 Å². The average Bonchev–Trinajstić information content (AvgIpc) is 2.15. The number of aliphatic carboxylic acids is 1. The molecule has 1 aliphatic carbocycles. The Balaban J connectivity index is 0.00000112. The highest BCUT2D eigenvalue weighted by Gasteiger charge is 2.41. The van der Waals surface area contributed by atoms with E-state index in [1.165, 1.54) is 19.3 Å². The smallest absolute Gasteiger partial charge is 0.306 e.